The number of hydrogen-bond acceptors (Lipinski definition) is 5. The molecule has 0 bridgehead atoms. The highest BCUT2D eigenvalue weighted by Crippen LogP contribution is 2.07. The molecule has 0 radical (unpaired) electrons. The first-order valence-corrected chi connectivity index (χ1v) is 8.46. The van der Waals surface area contributed by atoms with Crippen molar-refractivity contribution >= 4 is 23.7 Å². The third-order valence-electron chi connectivity index (χ3n) is 3.85. The van der Waals surface area contributed by atoms with E-state index in [1.165, 1.54) is 0 Å². The summed E-state index contributed by atoms with van der Waals surface area (Å²) in [4.78, 5) is 47.3. The van der Waals surface area contributed by atoms with E-state index in [1.54, 1.807) is 0 Å². The first kappa shape index (κ1) is 19.4. The lowest BCUT2D eigenvalue weighted by atomic mass is 10.0. The van der Waals surface area contributed by atoms with Crippen molar-refractivity contribution in [2.24, 2.45) is 5.92 Å². The van der Waals surface area contributed by atoms with E-state index >= 15 is 0 Å². The molecule has 26 heavy (non-hydrogen) atoms. The van der Waals surface area contributed by atoms with Crippen molar-refractivity contribution in [2.75, 3.05) is 6.54 Å². The van der Waals surface area contributed by atoms with Crippen molar-refractivity contribution in [1.82, 2.24) is 16.0 Å². The second kappa shape index (κ2) is 8.98. The lowest BCUT2D eigenvalue weighted by Gasteiger charge is -2.21. The fourth-order valence-electron chi connectivity index (χ4n) is 2.53. The molecule has 140 valence electrons. The molecule has 3 amide bonds. The van der Waals surface area contributed by atoms with E-state index in [0.717, 1.165) is 5.56 Å². The Labute approximate surface area is 151 Å². The topological polar surface area (TPSA) is 114 Å². The third kappa shape index (κ3) is 5.58. The van der Waals surface area contributed by atoms with Gasteiger partial charge in [0.15, 0.2) is 0 Å². The Morgan fingerprint density at radius 1 is 1.23 bits per heavy atom. The Morgan fingerprint density at radius 3 is 2.50 bits per heavy atom. The zero-order chi connectivity index (χ0) is 19.1. The minimum absolute atomic E-state index is 0.0518. The Hall–Kier alpha value is -2.90. The van der Waals surface area contributed by atoms with Gasteiger partial charge in [0, 0.05) is 6.54 Å². The number of amides is 3. The maximum atomic E-state index is 12.4. The highest BCUT2D eigenvalue weighted by atomic mass is 16.5. The first-order valence-electron chi connectivity index (χ1n) is 8.46. The number of benzene rings is 1. The monoisotopic (exact) mass is 361 g/mol. The number of rotatable bonds is 7. The van der Waals surface area contributed by atoms with Gasteiger partial charge in [-0.25, -0.2) is 4.79 Å². The normalized spacial score (nSPS) is 17.6. The van der Waals surface area contributed by atoms with E-state index in [0.29, 0.717) is 6.42 Å². The van der Waals surface area contributed by atoms with Gasteiger partial charge < -0.3 is 20.7 Å². The van der Waals surface area contributed by atoms with Crippen LogP contribution in [0.4, 0.5) is 4.79 Å². The first-order chi connectivity index (χ1) is 12.4. The second-order valence-electron chi connectivity index (χ2n) is 6.52. The van der Waals surface area contributed by atoms with E-state index in [2.05, 4.69) is 16.0 Å². The van der Waals surface area contributed by atoms with Crippen molar-refractivity contribution in [2.45, 2.75) is 39.0 Å². The van der Waals surface area contributed by atoms with Gasteiger partial charge >= 0.3 is 6.09 Å². The maximum Gasteiger partial charge on any atom is 0.408 e. The largest absolute Gasteiger partial charge is 0.445 e. The molecule has 0 aromatic heterocycles. The molecule has 0 spiro atoms. The molecule has 2 atom stereocenters. The highest BCUT2D eigenvalue weighted by Gasteiger charge is 2.35. The summed E-state index contributed by atoms with van der Waals surface area (Å²) in [6, 6.07) is 7.40. The number of ether oxygens (including phenoxy) is 1. The van der Waals surface area contributed by atoms with Crippen LogP contribution in [0.3, 0.4) is 0 Å². The summed E-state index contributed by atoms with van der Waals surface area (Å²) in [5.74, 6) is -1.80. The van der Waals surface area contributed by atoms with E-state index in [1.807, 2.05) is 44.2 Å². The van der Waals surface area contributed by atoms with Crippen molar-refractivity contribution in [1.29, 1.82) is 0 Å². The fraction of sp³-hybridized carbons (Fsp3) is 0.444. The second-order valence-corrected chi connectivity index (χ2v) is 6.52. The van der Waals surface area contributed by atoms with Crippen molar-refractivity contribution < 1.29 is 23.9 Å². The van der Waals surface area contributed by atoms with Crippen LogP contribution in [0.2, 0.25) is 0 Å². The molecule has 8 nitrogen and oxygen atoms in total. The Kier molecular flexibility index (Phi) is 6.71. The van der Waals surface area contributed by atoms with E-state index in [4.69, 9.17) is 4.74 Å². The summed E-state index contributed by atoms with van der Waals surface area (Å²) in [7, 11) is 0. The van der Waals surface area contributed by atoms with Crippen LogP contribution in [-0.4, -0.2) is 42.3 Å². The standard InChI is InChI=1S/C18H23N3O5/c1-11(2)8-13(16(23)20-14-9-19-17(24)15(14)22)21-18(25)26-10-12-6-4-3-5-7-12/h3-7,11,13-14H,8-10H2,1-2H3,(H,19,24)(H,20,23)(H,21,25). The molecule has 3 N–H and O–H groups in total. The molecule has 2 rings (SSSR count). The van der Waals surface area contributed by atoms with Crippen LogP contribution in [0.1, 0.15) is 25.8 Å². The zero-order valence-electron chi connectivity index (χ0n) is 14.8. The van der Waals surface area contributed by atoms with Gasteiger partial charge in [-0.1, -0.05) is 44.2 Å². The van der Waals surface area contributed by atoms with Crippen LogP contribution in [0, 0.1) is 5.92 Å². The summed E-state index contributed by atoms with van der Waals surface area (Å²) in [5.41, 5.74) is 0.827. The van der Waals surface area contributed by atoms with Gasteiger partial charge in [-0.2, -0.15) is 0 Å². The Morgan fingerprint density at radius 2 is 1.92 bits per heavy atom. The molecule has 1 fully saturated rings. The predicted molar refractivity (Wildman–Crippen MR) is 93.0 cm³/mol. The summed E-state index contributed by atoms with van der Waals surface area (Å²) in [5, 5.41) is 7.40. The van der Waals surface area contributed by atoms with Gasteiger partial charge in [0.25, 0.3) is 5.91 Å². The van der Waals surface area contributed by atoms with Crippen LogP contribution >= 0.6 is 0 Å². The number of carbonyl (C=O) groups excluding carboxylic acids is 4. The van der Waals surface area contributed by atoms with Gasteiger partial charge in [-0.05, 0) is 17.9 Å². The molecular weight excluding hydrogens is 338 g/mol. The average Bonchev–Trinajstić information content (AvgIpc) is 2.92. The fourth-order valence-corrected chi connectivity index (χ4v) is 2.53. The van der Waals surface area contributed by atoms with Crippen LogP contribution in [0.15, 0.2) is 30.3 Å². The summed E-state index contributed by atoms with van der Waals surface area (Å²) >= 11 is 0. The number of carbonyl (C=O) groups is 4. The van der Waals surface area contributed by atoms with Crippen LogP contribution in [-0.2, 0) is 25.7 Å². The highest BCUT2D eigenvalue weighted by molar-refractivity contribution is 6.40. The molecule has 1 saturated heterocycles. The predicted octanol–water partition coefficient (Wildman–Crippen LogP) is 0.511. The average molecular weight is 361 g/mol. The molecule has 0 saturated carbocycles. The van der Waals surface area contributed by atoms with Gasteiger partial charge in [0.05, 0.1) is 0 Å². The van der Waals surface area contributed by atoms with Crippen LogP contribution in [0.25, 0.3) is 0 Å². The van der Waals surface area contributed by atoms with E-state index in [9.17, 15) is 19.2 Å². The molecule has 1 aromatic carbocycles. The van der Waals surface area contributed by atoms with Crippen LogP contribution in [0.5, 0.6) is 0 Å². The zero-order valence-corrected chi connectivity index (χ0v) is 14.8. The third-order valence-corrected chi connectivity index (χ3v) is 3.85. The van der Waals surface area contributed by atoms with E-state index in [-0.39, 0.29) is 19.1 Å². The summed E-state index contributed by atoms with van der Waals surface area (Å²) < 4.78 is 5.14. The lowest BCUT2D eigenvalue weighted by molar-refractivity contribution is -0.136. The quantitative estimate of drug-likeness (QED) is 0.613. The Bertz CT molecular complexity index is 675. The molecular formula is C18H23N3O5. The van der Waals surface area contributed by atoms with Gasteiger partial charge in [-0.3, -0.25) is 14.4 Å². The minimum Gasteiger partial charge on any atom is -0.445 e. The molecule has 1 aliphatic rings. The molecule has 1 heterocycles. The number of alkyl carbamates (subject to hydrolysis) is 1. The summed E-state index contributed by atoms with van der Waals surface area (Å²) in [6.07, 6.45) is -0.351. The SMILES string of the molecule is CC(C)CC(NC(=O)OCc1ccccc1)C(=O)NC1CNC(=O)C1=O. The molecule has 1 aliphatic heterocycles. The maximum absolute atomic E-state index is 12.4. The smallest absolute Gasteiger partial charge is 0.408 e. The van der Waals surface area contributed by atoms with Crippen molar-refractivity contribution in [3.63, 3.8) is 0 Å². The molecule has 1 aromatic rings. The van der Waals surface area contributed by atoms with Gasteiger partial charge in [0.1, 0.15) is 18.7 Å². The van der Waals surface area contributed by atoms with Crippen LogP contribution < -0.4 is 16.0 Å². The van der Waals surface area contributed by atoms with Crippen molar-refractivity contribution in [3.05, 3.63) is 35.9 Å². The summed E-state index contributed by atoms with van der Waals surface area (Å²) in [6.45, 7) is 3.95. The number of nitrogens with one attached hydrogen (secondary N) is 3. The lowest BCUT2D eigenvalue weighted by Crippen LogP contribution is -2.52. The van der Waals surface area contributed by atoms with Gasteiger partial charge in [0.2, 0.25) is 11.7 Å². The molecule has 8 heteroatoms. The van der Waals surface area contributed by atoms with Crippen molar-refractivity contribution in [3.8, 4) is 0 Å². The number of hydrogen-bond donors (Lipinski definition) is 3. The number of Topliss-reactive ketones (excluding diaryl/α,β-unsaturated/α-hetero) is 1. The molecule has 2 unspecified atom stereocenters. The number of ketones is 1. The van der Waals surface area contributed by atoms with Gasteiger partial charge in [-0.15, -0.1) is 0 Å². The van der Waals surface area contributed by atoms with E-state index < -0.39 is 35.8 Å². The molecule has 0 aliphatic carbocycles. The minimum atomic E-state index is -0.910. The Balaban J connectivity index is 1.91.